The van der Waals surface area contributed by atoms with Crippen molar-refractivity contribution in [2.45, 2.75) is 25.7 Å². The number of imide groups is 1. The molecule has 0 radical (unpaired) electrons. The lowest BCUT2D eigenvalue weighted by molar-refractivity contribution is -0.148. The minimum atomic E-state index is -0.312. The molecule has 1 saturated heterocycles. The van der Waals surface area contributed by atoms with Crippen LogP contribution in [0.1, 0.15) is 25.7 Å². The Hall–Kier alpha value is -2.08. The first-order chi connectivity index (χ1) is 9.97. The summed E-state index contributed by atoms with van der Waals surface area (Å²) in [7, 11) is 0. The van der Waals surface area contributed by atoms with Crippen molar-refractivity contribution in [3.63, 3.8) is 0 Å². The number of nitrogens with zero attached hydrogens (tertiary/aromatic N) is 1. The first kappa shape index (κ1) is 15.3. The van der Waals surface area contributed by atoms with E-state index in [9.17, 15) is 14.4 Å². The zero-order valence-corrected chi connectivity index (χ0v) is 12.2. The second-order valence-electron chi connectivity index (χ2n) is 4.83. The summed E-state index contributed by atoms with van der Waals surface area (Å²) < 4.78 is 0. The van der Waals surface area contributed by atoms with Crippen molar-refractivity contribution in [1.82, 2.24) is 4.90 Å². The van der Waals surface area contributed by atoms with E-state index in [1.165, 1.54) is 6.07 Å². The highest BCUT2D eigenvalue weighted by Gasteiger charge is 2.25. The number of halogens is 1. The summed E-state index contributed by atoms with van der Waals surface area (Å²) >= 11 is 5.96. The fourth-order valence-electron chi connectivity index (χ4n) is 2.11. The molecule has 0 spiro atoms. The number of benzene rings is 1. The van der Waals surface area contributed by atoms with Gasteiger partial charge in [0, 0.05) is 31.5 Å². The number of nitrogens with two attached hydrogens (primary N) is 1. The minimum Gasteiger partial charge on any atom is -0.399 e. The first-order valence-corrected chi connectivity index (χ1v) is 7.03. The van der Waals surface area contributed by atoms with E-state index >= 15 is 0 Å². The van der Waals surface area contributed by atoms with Crippen LogP contribution in [0.2, 0.25) is 5.02 Å². The second-order valence-corrected chi connectivity index (χ2v) is 5.24. The Morgan fingerprint density at radius 1 is 1.29 bits per heavy atom. The molecule has 0 atom stereocenters. The smallest absolute Gasteiger partial charge is 0.229 e. The lowest BCUT2D eigenvalue weighted by Crippen LogP contribution is -2.41. The van der Waals surface area contributed by atoms with Gasteiger partial charge in [0.05, 0.1) is 10.7 Å². The van der Waals surface area contributed by atoms with Crippen molar-refractivity contribution in [3.8, 4) is 0 Å². The Morgan fingerprint density at radius 3 is 2.57 bits per heavy atom. The van der Waals surface area contributed by atoms with Gasteiger partial charge in [-0.2, -0.15) is 0 Å². The van der Waals surface area contributed by atoms with E-state index in [1.807, 2.05) is 0 Å². The van der Waals surface area contributed by atoms with E-state index < -0.39 is 0 Å². The van der Waals surface area contributed by atoms with Crippen molar-refractivity contribution in [3.05, 3.63) is 23.2 Å². The second kappa shape index (κ2) is 6.58. The molecule has 0 bridgehead atoms. The van der Waals surface area contributed by atoms with Crippen LogP contribution in [0.5, 0.6) is 0 Å². The average Bonchev–Trinajstić information content (AvgIpc) is 2.41. The van der Waals surface area contributed by atoms with Gasteiger partial charge in [0.15, 0.2) is 0 Å². The topological polar surface area (TPSA) is 92.5 Å². The van der Waals surface area contributed by atoms with Crippen LogP contribution in [-0.4, -0.2) is 29.2 Å². The van der Waals surface area contributed by atoms with Crippen LogP contribution in [0.3, 0.4) is 0 Å². The summed E-state index contributed by atoms with van der Waals surface area (Å²) in [5, 5.41) is 2.97. The number of rotatable bonds is 4. The van der Waals surface area contributed by atoms with Gasteiger partial charge in [-0.25, -0.2) is 0 Å². The standard InChI is InChI=1S/C14H16ClN3O3/c15-10-8-9(16)4-5-11(10)17-12(19)6-7-18-13(20)2-1-3-14(18)21/h4-5,8H,1-3,6-7,16H2,(H,17,19). The van der Waals surface area contributed by atoms with Crippen molar-refractivity contribution in [1.29, 1.82) is 0 Å². The third-order valence-corrected chi connectivity index (χ3v) is 3.53. The maximum absolute atomic E-state index is 11.9. The number of hydrogen-bond donors (Lipinski definition) is 2. The maximum Gasteiger partial charge on any atom is 0.229 e. The Kier molecular flexibility index (Phi) is 4.80. The Morgan fingerprint density at radius 2 is 1.95 bits per heavy atom. The molecule has 3 N–H and O–H groups in total. The van der Waals surface area contributed by atoms with Crippen LogP contribution in [0.4, 0.5) is 11.4 Å². The molecule has 21 heavy (non-hydrogen) atoms. The third-order valence-electron chi connectivity index (χ3n) is 3.21. The highest BCUT2D eigenvalue weighted by Crippen LogP contribution is 2.24. The highest BCUT2D eigenvalue weighted by atomic mass is 35.5. The van der Waals surface area contributed by atoms with Crippen LogP contribution in [0, 0.1) is 0 Å². The molecule has 0 saturated carbocycles. The normalized spacial score (nSPS) is 15.2. The number of carbonyl (C=O) groups excluding carboxylic acids is 3. The van der Waals surface area contributed by atoms with Crippen LogP contribution >= 0.6 is 11.6 Å². The predicted molar refractivity (Wildman–Crippen MR) is 79.7 cm³/mol. The monoisotopic (exact) mass is 309 g/mol. The van der Waals surface area contributed by atoms with E-state index in [0.29, 0.717) is 35.7 Å². The van der Waals surface area contributed by atoms with Gasteiger partial charge in [0.1, 0.15) is 0 Å². The van der Waals surface area contributed by atoms with Crippen molar-refractivity contribution in [2.24, 2.45) is 0 Å². The summed E-state index contributed by atoms with van der Waals surface area (Å²) in [4.78, 5) is 36.2. The Labute approximate surface area is 127 Å². The predicted octanol–water partition coefficient (Wildman–Crippen LogP) is 1.79. The van der Waals surface area contributed by atoms with Gasteiger partial charge in [0.2, 0.25) is 17.7 Å². The van der Waals surface area contributed by atoms with Crippen molar-refractivity contribution in [2.75, 3.05) is 17.6 Å². The zero-order chi connectivity index (χ0) is 15.4. The lowest BCUT2D eigenvalue weighted by atomic mass is 10.1. The number of likely N-dealkylation sites (tertiary alicyclic amines) is 1. The van der Waals surface area contributed by atoms with E-state index in [1.54, 1.807) is 12.1 Å². The summed E-state index contributed by atoms with van der Waals surface area (Å²) in [6.45, 7) is 0.0933. The molecule has 1 aromatic rings. The number of hydrogen-bond acceptors (Lipinski definition) is 4. The molecule has 0 aliphatic carbocycles. The number of anilines is 2. The van der Waals surface area contributed by atoms with Crippen LogP contribution < -0.4 is 11.1 Å². The van der Waals surface area contributed by atoms with E-state index in [2.05, 4.69) is 5.32 Å². The number of amides is 3. The largest absolute Gasteiger partial charge is 0.399 e. The van der Waals surface area contributed by atoms with E-state index in [-0.39, 0.29) is 30.7 Å². The molecule has 1 fully saturated rings. The summed E-state index contributed by atoms with van der Waals surface area (Å²) in [6, 6.07) is 4.76. The Bertz CT molecular complexity index is 573. The summed E-state index contributed by atoms with van der Waals surface area (Å²) in [5.41, 5.74) is 6.52. The van der Waals surface area contributed by atoms with Gasteiger partial charge in [0.25, 0.3) is 0 Å². The molecule has 2 rings (SSSR count). The molecule has 3 amide bonds. The molecule has 0 aromatic heterocycles. The number of carbonyl (C=O) groups is 3. The number of nitrogen functional groups attached to an aromatic ring is 1. The van der Waals surface area contributed by atoms with Gasteiger partial charge in [-0.05, 0) is 24.6 Å². The molecular weight excluding hydrogens is 294 g/mol. The molecule has 1 aliphatic rings. The number of piperidine rings is 1. The van der Waals surface area contributed by atoms with E-state index in [0.717, 1.165) is 4.90 Å². The van der Waals surface area contributed by atoms with Gasteiger partial charge in [-0.3, -0.25) is 19.3 Å². The Balaban J connectivity index is 1.90. The molecule has 1 aromatic carbocycles. The number of nitrogens with one attached hydrogen (secondary N) is 1. The van der Waals surface area contributed by atoms with Gasteiger partial charge >= 0.3 is 0 Å². The van der Waals surface area contributed by atoms with E-state index in [4.69, 9.17) is 17.3 Å². The molecule has 1 aliphatic heterocycles. The van der Waals surface area contributed by atoms with Gasteiger partial charge in [-0.15, -0.1) is 0 Å². The molecule has 1 heterocycles. The summed E-state index contributed by atoms with van der Waals surface area (Å²) in [5.74, 6) is -0.748. The average molecular weight is 310 g/mol. The molecule has 7 heteroatoms. The molecule has 0 unspecified atom stereocenters. The van der Waals surface area contributed by atoms with Crippen molar-refractivity contribution >= 4 is 40.7 Å². The van der Waals surface area contributed by atoms with Crippen LogP contribution in [-0.2, 0) is 14.4 Å². The van der Waals surface area contributed by atoms with Gasteiger partial charge in [-0.1, -0.05) is 11.6 Å². The third kappa shape index (κ3) is 3.95. The maximum atomic E-state index is 11.9. The van der Waals surface area contributed by atoms with Gasteiger partial charge < -0.3 is 11.1 Å². The molecular formula is C14H16ClN3O3. The molecule has 112 valence electrons. The summed E-state index contributed by atoms with van der Waals surface area (Å²) in [6.07, 6.45) is 1.34. The fraction of sp³-hybridized carbons (Fsp3) is 0.357. The minimum absolute atomic E-state index is 0.0399. The lowest BCUT2D eigenvalue weighted by Gasteiger charge is -2.24. The first-order valence-electron chi connectivity index (χ1n) is 6.65. The van der Waals surface area contributed by atoms with Crippen LogP contribution in [0.15, 0.2) is 18.2 Å². The zero-order valence-electron chi connectivity index (χ0n) is 11.4. The quantitative estimate of drug-likeness (QED) is 0.655. The molecule has 6 nitrogen and oxygen atoms in total. The van der Waals surface area contributed by atoms with Crippen molar-refractivity contribution < 1.29 is 14.4 Å². The van der Waals surface area contributed by atoms with Crippen LogP contribution in [0.25, 0.3) is 0 Å². The highest BCUT2D eigenvalue weighted by molar-refractivity contribution is 6.34. The SMILES string of the molecule is Nc1ccc(NC(=O)CCN2C(=O)CCCC2=O)c(Cl)c1. The fourth-order valence-corrected chi connectivity index (χ4v) is 2.34.